The Hall–Kier alpha value is -4.17. The summed E-state index contributed by atoms with van der Waals surface area (Å²) >= 11 is 0. The van der Waals surface area contributed by atoms with Gasteiger partial charge in [0.25, 0.3) is 0 Å². The fraction of sp³-hybridized carbons (Fsp3) is 0.0645. The Bertz CT molecular complexity index is 1660. The Morgan fingerprint density at radius 1 is 0.667 bits per heavy atom. The molecular weight excluding hydrogens is 402 g/mol. The highest BCUT2D eigenvalue weighted by atomic mass is 16.3. The number of pyridine rings is 1. The van der Waals surface area contributed by atoms with Crippen LogP contribution in [0.25, 0.3) is 55.4 Å². The highest BCUT2D eigenvalue weighted by Crippen LogP contribution is 2.43. The van der Waals surface area contributed by atoms with Crippen molar-refractivity contribution in [3.8, 4) is 33.7 Å². The van der Waals surface area contributed by atoms with Crippen LogP contribution in [0.2, 0.25) is 0 Å². The van der Waals surface area contributed by atoms with Crippen LogP contribution >= 0.6 is 0 Å². The number of benzene rings is 4. The predicted molar refractivity (Wildman–Crippen MR) is 135 cm³/mol. The molecule has 4 aromatic carbocycles. The first kappa shape index (κ1) is 18.4. The van der Waals surface area contributed by atoms with Crippen molar-refractivity contribution >= 4 is 21.7 Å². The maximum Gasteiger partial charge on any atom is 0.138 e. The van der Waals surface area contributed by atoms with Crippen LogP contribution in [-0.2, 0) is 12.8 Å². The molecule has 2 heteroatoms. The summed E-state index contributed by atoms with van der Waals surface area (Å²) in [5.74, 6) is 1.00. The first-order chi connectivity index (χ1) is 16.4. The molecule has 2 aromatic heterocycles. The number of aromatic nitrogens is 1. The summed E-state index contributed by atoms with van der Waals surface area (Å²) in [4.78, 5) is 4.90. The molecule has 2 nitrogen and oxygen atoms in total. The summed E-state index contributed by atoms with van der Waals surface area (Å²) in [5, 5.41) is 3.62. The second kappa shape index (κ2) is 7.18. The first-order valence-corrected chi connectivity index (χ1v) is 11.4. The van der Waals surface area contributed by atoms with Crippen molar-refractivity contribution in [1.29, 1.82) is 0 Å². The van der Waals surface area contributed by atoms with Gasteiger partial charge in [-0.3, -0.25) is 4.98 Å². The molecule has 0 spiro atoms. The monoisotopic (exact) mass is 423 g/mol. The fourth-order valence-electron chi connectivity index (χ4n) is 5.30. The van der Waals surface area contributed by atoms with E-state index in [4.69, 9.17) is 9.40 Å². The fourth-order valence-corrected chi connectivity index (χ4v) is 5.30. The first-order valence-electron chi connectivity index (χ1n) is 11.4. The minimum atomic E-state index is 0.913. The molecule has 0 unspecified atom stereocenters. The number of furan rings is 1. The third kappa shape index (κ3) is 2.84. The molecule has 0 amide bonds. The molecule has 7 rings (SSSR count). The average molecular weight is 424 g/mol. The van der Waals surface area contributed by atoms with Gasteiger partial charge in [-0.1, -0.05) is 78.9 Å². The van der Waals surface area contributed by atoms with Crippen LogP contribution < -0.4 is 0 Å². The summed E-state index contributed by atoms with van der Waals surface area (Å²) in [6.07, 6.45) is 3.87. The number of nitrogens with zero attached hydrogens (tertiary/aromatic N) is 1. The third-order valence-electron chi connectivity index (χ3n) is 6.83. The van der Waals surface area contributed by atoms with Gasteiger partial charge in [0.1, 0.15) is 11.3 Å². The maximum absolute atomic E-state index is 6.44. The van der Waals surface area contributed by atoms with Crippen LogP contribution in [0, 0.1) is 0 Å². The third-order valence-corrected chi connectivity index (χ3v) is 6.83. The Morgan fingerprint density at radius 3 is 2.42 bits per heavy atom. The molecule has 1 aliphatic rings. The van der Waals surface area contributed by atoms with Crippen LogP contribution in [0.15, 0.2) is 108 Å². The van der Waals surface area contributed by atoms with Gasteiger partial charge in [0.15, 0.2) is 0 Å². The van der Waals surface area contributed by atoms with Gasteiger partial charge in [-0.25, -0.2) is 0 Å². The molecule has 33 heavy (non-hydrogen) atoms. The van der Waals surface area contributed by atoms with Gasteiger partial charge in [-0.15, -0.1) is 0 Å². The van der Waals surface area contributed by atoms with Crippen molar-refractivity contribution in [2.45, 2.75) is 12.8 Å². The number of hydrogen-bond donors (Lipinski definition) is 0. The SMILES string of the molecule is c1ccc(-c2cc(-c3nccc4oc5c(c34)CCc3ccccc3-5)cc3ccccc23)cc1. The van der Waals surface area contributed by atoms with Crippen LogP contribution in [-0.4, -0.2) is 4.98 Å². The molecule has 0 saturated heterocycles. The molecule has 0 radical (unpaired) electrons. The molecule has 2 heterocycles. The van der Waals surface area contributed by atoms with Gasteiger partial charge in [0.2, 0.25) is 0 Å². The van der Waals surface area contributed by atoms with E-state index >= 15 is 0 Å². The van der Waals surface area contributed by atoms with Crippen LogP contribution in [0.5, 0.6) is 0 Å². The van der Waals surface area contributed by atoms with E-state index in [-0.39, 0.29) is 0 Å². The van der Waals surface area contributed by atoms with E-state index in [9.17, 15) is 0 Å². The van der Waals surface area contributed by atoms with Gasteiger partial charge in [0.05, 0.1) is 11.1 Å². The van der Waals surface area contributed by atoms with Crippen molar-refractivity contribution in [3.63, 3.8) is 0 Å². The molecule has 0 saturated carbocycles. The topological polar surface area (TPSA) is 26.0 Å². The van der Waals surface area contributed by atoms with E-state index in [0.717, 1.165) is 40.8 Å². The van der Waals surface area contributed by atoms with E-state index in [1.54, 1.807) is 0 Å². The Morgan fingerprint density at radius 2 is 1.48 bits per heavy atom. The molecule has 0 N–H and O–H groups in total. The molecule has 6 aromatic rings. The normalized spacial score (nSPS) is 12.6. The second-order valence-electron chi connectivity index (χ2n) is 8.71. The minimum Gasteiger partial charge on any atom is -0.456 e. The van der Waals surface area contributed by atoms with Crippen molar-refractivity contribution in [1.82, 2.24) is 4.98 Å². The van der Waals surface area contributed by atoms with E-state index in [1.807, 2.05) is 12.3 Å². The van der Waals surface area contributed by atoms with Crippen LogP contribution in [0.3, 0.4) is 0 Å². The Labute approximate surface area is 192 Å². The number of rotatable bonds is 2. The predicted octanol–water partition coefficient (Wildman–Crippen LogP) is 8.08. The molecule has 0 bridgehead atoms. The van der Waals surface area contributed by atoms with Gasteiger partial charge in [-0.2, -0.15) is 0 Å². The van der Waals surface area contributed by atoms with Crippen molar-refractivity contribution in [2.75, 3.05) is 0 Å². The zero-order valence-corrected chi connectivity index (χ0v) is 18.1. The lowest BCUT2D eigenvalue weighted by Crippen LogP contribution is -2.02. The molecular formula is C31H21NO. The van der Waals surface area contributed by atoms with Gasteiger partial charge < -0.3 is 4.42 Å². The summed E-state index contributed by atoms with van der Waals surface area (Å²) in [7, 11) is 0. The number of hydrogen-bond acceptors (Lipinski definition) is 2. The van der Waals surface area contributed by atoms with Crippen molar-refractivity contribution in [2.24, 2.45) is 0 Å². The lowest BCUT2D eigenvalue weighted by atomic mass is 9.88. The van der Waals surface area contributed by atoms with E-state index in [1.165, 1.54) is 38.6 Å². The quantitative estimate of drug-likeness (QED) is 0.281. The zero-order chi connectivity index (χ0) is 21.8. The Balaban J connectivity index is 1.52. The largest absolute Gasteiger partial charge is 0.456 e. The summed E-state index contributed by atoms with van der Waals surface area (Å²) in [6.45, 7) is 0. The molecule has 0 aliphatic heterocycles. The Kier molecular flexibility index (Phi) is 4.00. The maximum atomic E-state index is 6.44. The van der Waals surface area contributed by atoms with E-state index in [2.05, 4.69) is 91.0 Å². The standard InChI is InChI=1S/C31H21NO/c1-2-8-20(9-3-1)27-19-23(18-22-11-5-6-12-24(22)27)30-29-26-15-14-21-10-4-7-13-25(21)31(26)33-28(29)16-17-32-30/h1-13,16-19H,14-15H2. The zero-order valence-electron chi connectivity index (χ0n) is 18.1. The van der Waals surface area contributed by atoms with E-state index < -0.39 is 0 Å². The smallest absolute Gasteiger partial charge is 0.138 e. The lowest BCUT2D eigenvalue weighted by molar-refractivity contribution is 0.621. The van der Waals surface area contributed by atoms with Crippen molar-refractivity contribution in [3.05, 3.63) is 114 Å². The van der Waals surface area contributed by atoms with Gasteiger partial charge >= 0.3 is 0 Å². The summed E-state index contributed by atoms with van der Waals surface area (Å²) in [5.41, 5.74) is 9.33. The van der Waals surface area contributed by atoms with E-state index in [0.29, 0.717) is 0 Å². The number of aryl methyl sites for hydroxylation is 2. The summed E-state index contributed by atoms with van der Waals surface area (Å²) in [6, 6.07) is 34.3. The highest BCUT2D eigenvalue weighted by molar-refractivity contribution is 6.04. The van der Waals surface area contributed by atoms with Crippen LogP contribution in [0.1, 0.15) is 11.1 Å². The molecule has 0 fully saturated rings. The van der Waals surface area contributed by atoms with Gasteiger partial charge in [0, 0.05) is 22.9 Å². The number of fused-ring (bicyclic) bond motifs is 6. The highest BCUT2D eigenvalue weighted by Gasteiger charge is 2.25. The molecule has 156 valence electrons. The van der Waals surface area contributed by atoms with Gasteiger partial charge in [-0.05, 0) is 58.5 Å². The molecule has 1 aliphatic carbocycles. The minimum absolute atomic E-state index is 0.913. The average Bonchev–Trinajstić information content (AvgIpc) is 3.28. The molecule has 0 atom stereocenters. The van der Waals surface area contributed by atoms with Crippen LogP contribution in [0.4, 0.5) is 0 Å². The second-order valence-corrected chi connectivity index (χ2v) is 8.71. The summed E-state index contributed by atoms with van der Waals surface area (Å²) < 4.78 is 6.44. The van der Waals surface area contributed by atoms with Crippen molar-refractivity contribution < 1.29 is 4.42 Å². The lowest BCUT2D eigenvalue weighted by Gasteiger charge is -2.15.